The zero-order valence-electron chi connectivity index (χ0n) is 11.9. The maximum atomic E-state index is 11.1. The van der Waals surface area contributed by atoms with Crippen LogP contribution in [0.1, 0.15) is 42.5 Å². The zero-order valence-corrected chi connectivity index (χ0v) is 11.9. The molecule has 2 aliphatic rings. The van der Waals surface area contributed by atoms with E-state index >= 15 is 0 Å². The number of ether oxygens (including phenoxy) is 1. The quantitative estimate of drug-likeness (QED) is 0.920. The molecule has 1 aliphatic heterocycles. The van der Waals surface area contributed by atoms with Gasteiger partial charge >= 0.3 is 5.97 Å². The van der Waals surface area contributed by atoms with Crippen molar-refractivity contribution in [2.75, 3.05) is 25.1 Å². The van der Waals surface area contributed by atoms with Gasteiger partial charge in [0.2, 0.25) is 0 Å². The number of carbonyl (C=O) groups is 1. The molecule has 0 unspecified atom stereocenters. The number of benzene rings is 1. The Bertz CT molecular complexity index is 512. The Balaban J connectivity index is 1.74. The monoisotopic (exact) mass is 275 g/mol. The molecule has 108 valence electrons. The summed E-state index contributed by atoms with van der Waals surface area (Å²) in [5.41, 5.74) is 1.82. The van der Waals surface area contributed by atoms with Crippen LogP contribution >= 0.6 is 0 Å². The average Bonchev–Trinajstić information content (AvgIpc) is 2.44. The molecule has 1 saturated heterocycles. The van der Waals surface area contributed by atoms with Crippen molar-refractivity contribution in [2.24, 2.45) is 5.41 Å². The Morgan fingerprint density at radius 2 is 1.95 bits per heavy atom. The molecule has 1 aliphatic carbocycles. The molecule has 2 fully saturated rings. The number of carboxylic acid groups (broad SMARTS) is 1. The van der Waals surface area contributed by atoms with Gasteiger partial charge in [-0.25, -0.2) is 4.79 Å². The summed E-state index contributed by atoms with van der Waals surface area (Å²) in [4.78, 5) is 13.4. The van der Waals surface area contributed by atoms with Crippen molar-refractivity contribution < 1.29 is 14.6 Å². The zero-order chi connectivity index (χ0) is 14.2. The Kier molecular flexibility index (Phi) is 3.32. The van der Waals surface area contributed by atoms with Crippen LogP contribution < -0.4 is 9.64 Å². The SMILES string of the molecule is COc1cc(N2CC3(CCCCC3)C2)ccc1C(=O)O. The number of anilines is 1. The Morgan fingerprint density at radius 1 is 1.25 bits per heavy atom. The summed E-state index contributed by atoms with van der Waals surface area (Å²) < 4.78 is 5.20. The molecule has 20 heavy (non-hydrogen) atoms. The van der Waals surface area contributed by atoms with Gasteiger partial charge in [-0.05, 0) is 25.0 Å². The van der Waals surface area contributed by atoms with Crippen LogP contribution in [0.2, 0.25) is 0 Å². The van der Waals surface area contributed by atoms with Crippen LogP contribution in [0.3, 0.4) is 0 Å². The number of hydrogen-bond acceptors (Lipinski definition) is 3. The van der Waals surface area contributed by atoms with Gasteiger partial charge in [0.05, 0.1) is 7.11 Å². The van der Waals surface area contributed by atoms with Crippen molar-refractivity contribution in [3.8, 4) is 5.75 Å². The van der Waals surface area contributed by atoms with Crippen molar-refractivity contribution >= 4 is 11.7 Å². The molecule has 0 atom stereocenters. The lowest BCUT2D eigenvalue weighted by Gasteiger charge is -2.53. The topological polar surface area (TPSA) is 49.8 Å². The van der Waals surface area contributed by atoms with E-state index in [9.17, 15) is 4.79 Å². The van der Waals surface area contributed by atoms with Crippen LogP contribution in [-0.4, -0.2) is 31.3 Å². The van der Waals surface area contributed by atoms with E-state index in [-0.39, 0.29) is 5.56 Å². The smallest absolute Gasteiger partial charge is 0.339 e. The molecular formula is C16H21NO3. The van der Waals surface area contributed by atoms with Gasteiger partial charge in [0.1, 0.15) is 11.3 Å². The highest BCUT2D eigenvalue weighted by atomic mass is 16.5. The summed E-state index contributed by atoms with van der Waals surface area (Å²) in [6.07, 6.45) is 6.77. The van der Waals surface area contributed by atoms with E-state index in [4.69, 9.17) is 9.84 Å². The van der Waals surface area contributed by atoms with E-state index in [0.717, 1.165) is 18.8 Å². The third-order valence-electron chi connectivity index (χ3n) is 4.75. The molecule has 1 aromatic carbocycles. The number of nitrogens with zero attached hydrogens (tertiary/aromatic N) is 1. The Labute approximate surface area is 119 Å². The summed E-state index contributed by atoms with van der Waals surface area (Å²) in [5, 5.41) is 9.10. The first-order valence-electron chi connectivity index (χ1n) is 7.30. The predicted molar refractivity (Wildman–Crippen MR) is 77.7 cm³/mol. The molecule has 4 heteroatoms. The molecule has 0 aromatic heterocycles. The van der Waals surface area contributed by atoms with Crippen LogP contribution in [0.4, 0.5) is 5.69 Å². The van der Waals surface area contributed by atoms with E-state index in [1.807, 2.05) is 12.1 Å². The van der Waals surface area contributed by atoms with Gasteiger partial charge in [0.25, 0.3) is 0 Å². The van der Waals surface area contributed by atoms with Crippen molar-refractivity contribution in [1.82, 2.24) is 0 Å². The Hall–Kier alpha value is -1.71. The average molecular weight is 275 g/mol. The molecule has 1 saturated carbocycles. The summed E-state index contributed by atoms with van der Waals surface area (Å²) in [6, 6.07) is 5.38. The molecule has 1 heterocycles. The number of rotatable bonds is 3. The molecule has 4 nitrogen and oxygen atoms in total. The summed E-state index contributed by atoms with van der Waals surface area (Å²) in [6.45, 7) is 2.20. The number of aromatic carboxylic acids is 1. The highest BCUT2D eigenvalue weighted by molar-refractivity contribution is 5.91. The molecule has 0 radical (unpaired) electrons. The minimum absolute atomic E-state index is 0.226. The second kappa shape index (κ2) is 5.00. The fourth-order valence-corrected chi connectivity index (χ4v) is 3.62. The lowest BCUT2D eigenvalue weighted by molar-refractivity contribution is 0.0693. The molecule has 1 aromatic rings. The number of hydrogen-bond donors (Lipinski definition) is 1. The summed E-state index contributed by atoms with van der Waals surface area (Å²) in [7, 11) is 1.52. The molecule has 1 N–H and O–H groups in total. The van der Waals surface area contributed by atoms with Crippen LogP contribution in [0.5, 0.6) is 5.75 Å². The van der Waals surface area contributed by atoms with Crippen molar-refractivity contribution in [1.29, 1.82) is 0 Å². The maximum Gasteiger partial charge on any atom is 0.339 e. The van der Waals surface area contributed by atoms with Crippen LogP contribution in [0.25, 0.3) is 0 Å². The second-order valence-corrected chi connectivity index (χ2v) is 6.11. The van der Waals surface area contributed by atoms with Gasteiger partial charge in [0.15, 0.2) is 0 Å². The summed E-state index contributed by atoms with van der Waals surface area (Å²) >= 11 is 0. The lowest BCUT2D eigenvalue weighted by Crippen LogP contribution is -2.57. The second-order valence-electron chi connectivity index (χ2n) is 6.11. The first-order valence-corrected chi connectivity index (χ1v) is 7.30. The normalized spacial score (nSPS) is 20.6. The molecule has 0 amide bonds. The Morgan fingerprint density at radius 3 is 2.55 bits per heavy atom. The highest BCUT2D eigenvalue weighted by Crippen LogP contribution is 2.45. The van der Waals surface area contributed by atoms with Gasteiger partial charge in [0, 0.05) is 30.3 Å². The van der Waals surface area contributed by atoms with Crippen LogP contribution in [0.15, 0.2) is 18.2 Å². The minimum Gasteiger partial charge on any atom is -0.496 e. The molecule has 1 spiro atoms. The predicted octanol–water partition coefficient (Wildman–Crippen LogP) is 3.16. The summed E-state index contributed by atoms with van der Waals surface area (Å²) in [5.74, 6) is -0.500. The standard InChI is InChI=1S/C16H21NO3/c1-20-14-9-12(5-6-13(14)15(18)19)17-10-16(11-17)7-3-2-4-8-16/h5-6,9H,2-4,7-8,10-11H2,1H3,(H,18,19). The fourth-order valence-electron chi connectivity index (χ4n) is 3.62. The fraction of sp³-hybridized carbons (Fsp3) is 0.562. The maximum absolute atomic E-state index is 11.1. The van der Waals surface area contributed by atoms with Gasteiger partial charge in [-0.1, -0.05) is 19.3 Å². The van der Waals surface area contributed by atoms with Crippen LogP contribution in [0, 0.1) is 5.41 Å². The van der Waals surface area contributed by atoms with E-state index < -0.39 is 5.97 Å². The van der Waals surface area contributed by atoms with Crippen molar-refractivity contribution in [3.05, 3.63) is 23.8 Å². The van der Waals surface area contributed by atoms with Crippen LogP contribution in [-0.2, 0) is 0 Å². The van der Waals surface area contributed by atoms with Gasteiger partial charge < -0.3 is 14.7 Å². The lowest BCUT2D eigenvalue weighted by atomic mass is 9.68. The van der Waals surface area contributed by atoms with Gasteiger partial charge in [-0.15, -0.1) is 0 Å². The molecule has 3 rings (SSSR count). The molecule has 0 bridgehead atoms. The largest absolute Gasteiger partial charge is 0.496 e. The minimum atomic E-state index is -0.944. The number of carboxylic acids is 1. The van der Waals surface area contributed by atoms with Gasteiger partial charge in [-0.3, -0.25) is 0 Å². The van der Waals surface area contributed by atoms with Gasteiger partial charge in [-0.2, -0.15) is 0 Å². The van der Waals surface area contributed by atoms with E-state index in [2.05, 4.69) is 4.90 Å². The van der Waals surface area contributed by atoms with E-state index in [1.54, 1.807) is 6.07 Å². The first-order chi connectivity index (χ1) is 9.63. The van der Waals surface area contributed by atoms with Crippen molar-refractivity contribution in [2.45, 2.75) is 32.1 Å². The highest BCUT2D eigenvalue weighted by Gasteiger charge is 2.43. The van der Waals surface area contributed by atoms with E-state index in [0.29, 0.717) is 11.2 Å². The van der Waals surface area contributed by atoms with Crippen molar-refractivity contribution in [3.63, 3.8) is 0 Å². The third kappa shape index (κ3) is 2.23. The van der Waals surface area contributed by atoms with E-state index in [1.165, 1.54) is 39.2 Å². The number of methoxy groups -OCH3 is 1. The molecular weight excluding hydrogens is 254 g/mol. The first kappa shape index (κ1) is 13.3. The third-order valence-corrected chi connectivity index (χ3v) is 4.75.